The molecule has 1 atom stereocenters. The summed E-state index contributed by atoms with van der Waals surface area (Å²) >= 11 is 0. The number of furan rings is 1. The molecular formula is C14H18N2O2. The molecular weight excluding hydrogens is 228 g/mol. The third-order valence-corrected chi connectivity index (χ3v) is 2.79. The fraction of sp³-hybridized carbons (Fsp3) is 0.357. The molecule has 0 fully saturated rings. The number of amides is 1. The Balaban J connectivity index is 2.28. The van der Waals surface area contributed by atoms with Gasteiger partial charge in [0.1, 0.15) is 5.58 Å². The van der Waals surface area contributed by atoms with Crippen LogP contribution in [0, 0.1) is 6.92 Å². The van der Waals surface area contributed by atoms with E-state index >= 15 is 0 Å². The van der Waals surface area contributed by atoms with E-state index in [1.54, 1.807) is 18.0 Å². The first-order valence-electron chi connectivity index (χ1n) is 5.98. The van der Waals surface area contributed by atoms with Crippen LogP contribution in [0.15, 0.2) is 28.7 Å². The van der Waals surface area contributed by atoms with Crippen LogP contribution < -0.4 is 5.73 Å². The van der Waals surface area contributed by atoms with Crippen molar-refractivity contribution in [3.05, 3.63) is 35.6 Å². The maximum atomic E-state index is 12.1. The molecule has 0 saturated carbocycles. The summed E-state index contributed by atoms with van der Waals surface area (Å²) in [5.41, 5.74) is 7.56. The Bertz CT molecular complexity index is 572. The summed E-state index contributed by atoms with van der Waals surface area (Å²) in [6.45, 7) is 4.39. The van der Waals surface area contributed by atoms with E-state index in [0.717, 1.165) is 16.5 Å². The number of nitrogens with two attached hydrogens (primary N) is 1. The zero-order chi connectivity index (χ0) is 13.3. The van der Waals surface area contributed by atoms with Crippen LogP contribution in [-0.4, -0.2) is 30.4 Å². The second-order valence-electron chi connectivity index (χ2n) is 4.81. The lowest BCUT2D eigenvalue weighted by Crippen LogP contribution is -2.36. The minimum atomic E-state index is -0.138. The monoisotopic (exact) mass is 246 g/mol. The van der Waals surface area contributed by atoms with Gasteiger partial charge in [-0.3, -0.25) is 4.79 Å². The number of likely N-dealkylation sites (N-methyl/N-ethyl adjacent to an activating group) is 1. The molecule has 2 rings (SSSR count). The van der Waals surface area contributed by atoms with Crippen LogP contribution in [0.1, 0.15) is 23.0 Å². The topological polar surface area (TPSA) is 59.5 Å². The maximum absolute atomic E-state index is 12.1. The highest BCUT2D eigenvalue weighted by Gasteiger charge is 2.17. The van der Waals surface area contributed by atoms with Gasteiger partial charge in [-0.15, -0.1) is 0 Å². The molecule has 0 saturated heterocycles. The number of fused-ring (bicyclic) bond motifs is 1. The highest BCUT2D eigenvalue weighted by Crippen LogP contribution is 2.21. The SMILES string of the molecule is Cc1ccc2oc(C(=O)N(C)CC(C)N)cc2c1. The molecule has 1 aromatic heterocycles. The Kier molecular flexibility index (Phi) is 3.39. The van der Waals surface area contributed by atoms with Gasteiger partial charge in [0.2, 0.25) is 0 Å². The summed E-state index contributed by atoms with van der Waals surface area (Å²) in [7, 11) is 1.73. The standard InChI is InChI=1S/C14H18N2O2/c1-9-4-5-12-11(6-9)7-13(18-12)14(17)16(3)8-10(2)15/h4-7,10H,8,15H2,1-3H3. The van der Waals surface area contributed by atoms with Crippen LogP contribution in [0.25, 0.3) is 11.0 Å². The number of carbonyl (C=O) groups excluding carboxylic acids is 1. The maximum Gasteiger partial charge on any atom is 0.289 e. The predicted octanol–water partition coefficient (Wildman–Crippen LogP) is 2.16. The first-order chi connectivity index (χ1) is 8.47. The minimum absolute atomic E-state index is 0.0504. The van der Waals surface area contributed by atoms with E-state index in [2.05, 4.69) is 0 Å². The van der Waals surface area contributed by atoms with E-state index in [4.69, 9.17) is 10.2 Å². The van der Waals surface area contributed by atoms with E-state index < -0.39 is 0 Å². The van der Waals surface area contributed by atoms with Gasteiger partial charge in [0.15, 0.2) is 5.76 Å². The van der Waals surface area contributed by atoms with Crippen molar-refractivity contribution in [1.82, 2.24) is 4.90 Å². The predicted molar refractivity (Wildman–Crippen MR) is 71.6 cm³/mol. The van der Waals surface area contributed by atoms with Crippen LogP contribution in [-0.2, 0) is 0 Å². The molecule has 1 heterocycles. The van der Waals surface area contributed by atoms with Gasteiger partial charge in [-0.25, -0.2) is 0 Å². The molecule has 1 aromatic carbocycles. The molecule has 0 aliphatic rings. The molecule has 18 heavy (non-hydrogen) atoms. The summed E-state index contributed by atoms with van der Waals surface area (Å²) in [6.07, 6.45) is 0. The van der Waals surface area contributed by atoms with Gasteiger partial charge in [-0.1, -0.05) is 11.6 Å². The fourth-order valence-electron chi connectivity index (χ4n) is 1.97. The van der Waals surface area contributed by atoms with Crippen molar-refractivity contribution in [2.24, 2.45) is 5.73 Å². The summed E-state index contributed by atoms with van der Waals surface area (Å²) in [5, 5.41) is 0.951. The molecule has 2 N–H and O–H groups in total. The molecule has 2 aromatic rings. The number of aryl methyl sites for hydroxylation is 1. The van der Waals surface area contributed by atoms with Crippen LogP contribution in [0.4, 0.5) is 0 Å². The number of nitrogens with zero attached hydrogens (tertiary/aromatic N) is 1. The number of hydrogen-bond acceptors (Lipinski definition) is 3. The van der Waals surface area contributed by atoms with E-state index in [1.165, 1.54) is 0 Å². The van der Waals surface area contributed by atoms with Crippen molar-refractivity contribution in [3.8, 4) is 0 Å². The molecule has 1 unspecified atom stereocenters. The van der Waals surface area contributed by atoms with Gasteiger partial charge in [0, 0.05) is 25.0 Å². The summed E-state index contributed by atoms with van der Waals surface area (Å²) < 4.78 is 5.56. The van der Waals surface area contributed by atoms with Crippen LogP contribution in [0.2, 0.25) is 0 Å². The number of hydrogen-bond donors (Lipinski definition) is 1. The molecule has 1 amide bonds. The molecule has 4 nitrogen and oxygen atoms in total. The van der Waals surface area contributed by atoms with Gasteiger partial charge < -0.3 is 15.1 Å². The zero-order valence-electron chi connectivity index (χ0n) is 10.9. The third-order valence-electron chi connectivity index (χ3n) is 2.79. The minimum Gasteiger partial charge on any atom is -0.451 e. The second kappa shape index (κ2) is 4.82. The van der Waals surface area contributed by atoms with Crippen LogP contribution in [0.5, 0.6) is 0 Å². The fourth-order valence-corrected chi connectivity index (χ4v) is 1.97. The van der Waals surface area contributed by atoms with E-state index in [9.17, 15) is 4.79 Å². The normalized spacial score (nSPS) is 12.7. The Morgan fingerprint density at radius 2 is 2.17 bits per heavy atom. The summed E-state index contributed by atoms with van der Waals surface area (Å²) in [5.74, 6) is 0.222. The van der Waals surface area contributed by atoms with E-state index in [1.807, 2.05) is 32.0 Å². The molecule has 96 valence electrons. The average molecular weight is 246 g/mol. The summed E-state index contributed by atoms with van der Waals surface area (Å²) in [4.78, 5) is 13.7. The van der Waals surface area contributed by atoms with Crippen molar-refractivity contribution < 1.29 is 9.21 Å². The Morgan fingerprint density at radius 3 is 2.83 bits per heavy atom. The number of benzene rings is 1. The van der Waals surface area contributed by atoms with E-state index in [-0.39, 0.29) is 11.9 Å². The zero-order valence-corrected chi connectivity index (χ0v) is 10.9. The number of carbonyl (C=O) groups is 1. The van der Waals surface area contributed by atoms with Gasteiger partial charge in [0.05, 0.1) is 0 Å². The molecule has 0 bridgehead atoms. The molecule has 0 spiro atoms. The first-order valence-corrected chi connectivity index (χ1v) is 5.98. The van der Waals surface area contributed by atoms with E-state index in [0.29, 0.717) is 12.3 Å². The highest BCUT2D eigenvalue weighted by molar-refractivity contribution is 5.96. The quantitative estimate of drug-likeness (QED) is 0.902. The summed E-state index contributed by atoms with van der Waals surface area (Å²) in [6, 6.07) is 7.58. The average Bonchev–Trinajstić information content (AvgIpc) is 2.69. The van der Waals surface area contributed by atoms with Crippen molar-refractivity contribution in [1.29, 1.82) is 0 Å². The van der Waals surface area contributed by atoms with Crippen molar-refractivity contribution in [2.45, 2.75) is 19.9 Å². The van der Waals surface area contributed by atoms with Crippen molar-refractivity contribution in [3.63, 3.8) is 0 Å². The smallest absolute Gasteiger partial charge is 0.289 e. The van der Waals surface area contributed by atoms with Gasteiger partial charge in [-0.05, 0) is 32.0 Å². The Morgan fingerprint density at radius 1 is 1.44 bits per heavy atom. The molecule has 4 heteroatoms. The van der Waals surface area contributed by atoms with Crippen molar-refractivity contribution >= 4 is 16.9 Å². The van der Waals surface area contributed by atoms with Gasteiger partial charge in [0.25, 0.3) is 5.91 Å². The molecule has 0 radical (unpaired) electrons. The van der Waals surface area contributed by atoms with Crippen LogP contribution >= 0.6 is 0 Å². The molecule has 0 aliphatic carbocycles. The lowest BCUT2D eigenvalue weighted by Gasteiger charge is -2.17. The van der Waals surface area contributed by atoms with Gasteiger partial charge >= 0.3 is 0 Å². The largest absolute Gasteiger partial charge is 0.451 e. The first kappa shape index (κ1) is 12.6. The van der Waals surface area contributed by atoms with Crippen molar-refractivity contribution in [2.75, 3.05) is 13.6 Å². The Labute approximate surface area is 106 Å². The second-order valence-corrected chi connectivity index (χ2v) is 4.81. The molecule has 0 aliphatic heterocycles. The third kappa shape index (κ3) is 2.54. The van der Waals surface area contributed by atoms with Gasteiger partial charge in [-0.2, -0.15) is 0 Å². The number of rotatable bonds is 3. The lowest BCUT2D eigenvalue weighted by atomic mass is 10.2. The lowest BCUT2D eigenvalue weighted by molar-refractivity contribution is 0.0759. The van der Waals surface area contributed by atoms with Crippen LogP contribution in [0.3, 0.4) is 0 Å². The Hall–Kier alpha value is -1.81. The highest BCUT2D eigenvalue weighted by atomic mass is 16.3.